The number of rotatable bonds is 2. The van der Waals surface area contributed by atoms with Crippen LogP contribution in [0.2, 0.25) is 0 Å². The molecule has 1 unspecified atom stereocenters. The summed E-state index contributed by atoms with van der Waals surface area (Å²) in [6, 6.07) is 8.24. The van der Waals surface area contributed by atoms with E-state index in [1.165, 1.54) is 43.4 Å². The fourth-order valence-electron chi connectivity index (χ4n) is 3.30. The number of hydrogen-bond donors (Lipinski definition) is 0. The van der Waals surface area contributed by atoms with E-state index in [0.29, 0.717) is 12.1 Å². The van der Waals surface area contributed by atoms with Gasteiger partial charge in [-0.2, -0.15) is 0 Å². The fourth-order valence-corrected chi connectivity index (χ4v) is 3.30. The monoisotopic (exact) mass is 257 g/mol. The summed E-state index contributed by atoms with van der Waals surface area (Å²) >= 11 is 0. The summed E-state index contributed by atoms with van der Waals surface area (Å²) in [4.78, 5) is 2.56. The van der Waals surface area contributed by atoms with E-state index in [1.54, 1.807) is 5.56 Å². The molecule has 0 spiro atoms. The van der Waals surface area contributed by atoms with E-state index in [4.69, 9.17) is 5.32 Å². The van der Waals surface area contributed by atoms with Crippen molar-refractivity contribution in [3.05, 3.63) is 34.9 Å². The van der Waals surface area contributed by atoms with Gasteiger partial charge in [0.2, 0.25) is 0 Å². The molecular formula is C17H25N2. The van der Waals surface area contributed by atoms with Crippen LogP contribution in [0.25, 0.3) is 0 Å². The van der Waals surface area contributed by atoms with Crippen LogP contribution >= 0.6 is 0 Å². The predicted octanol–water partition coefficient (Wildman–Crippen LogP) is 3.28. The van der Waals surface area contributed by atoms with Crippen LogP contribution in [0.15, 0.2) is 18.2 Å². The molecule has 0 aliphatic carbocycles. The highest BCUT2D eigenvalue weighted by Crippen LogP contribution is 2.28. The highest BCUT2D eigenvalue weighted by Gasteiger charge is 2.21. The van der Waals surface area contributed by atoms with Gasteiger partial charge in [0.15, 0.2) is 0 Å². The van der Waals surface area contributed by atoms with Crippen molar-refractivity contribution in [2.24, 2.45) is 0 Å². The van der Waals surface area contributed by atoms with Gasteiger partial charge in [-0.05, 0) is 49.8 Å². The number of fused-ring (bicyclic) bond motifs is 1. The first-order chi connectivity index (χ1) is 9.24. The van der Waals surface area contributed by atoms with Gasteiger partial charge in [0.1, 0.15) is 0 Å². The van der Waals surface area contributed by atoms with Gasteiger partial charge in [0.25, 0.3) is 0 Å². The molecule has 1 saturated heterocycles. The summed E-state index contributed by atoms with van der Waals surface area (Å²) in [6.45, 7) is 7.97. The van der Waals surface area contributed by atoms with Crippen LogP contribution in [-0.2, 0) is 13.0 Å². The molecule has 3 rings (SSSR count). The number of hydrogen-bond acceptors (Lipinski definition) is 1. The molecule has 0 saturated carbocycles. The first-order valence-electron chi connectivity index (χ1n) is 7.76. The Labute approximate surface area is 117 Å². The molecule has 1 radical (unpaired) electrons. The maximum atomic E-state index is 4.78. The third-order valence-corrected chi connectivity index (χ3v) is 4.62. The number of piperidine rings is 1. The SMILES string of the molecule is CC(C)N1CCc2cc(C3CCCC[N]3)ccc2C1. The predicted molar refractivity (Wildman–Crippen MR) is 79.3 cm³/mol. The Morgan fingerprint density at radius 3 is 2.84 bits per heavy atom. The molecule has 1 aromatic carbocycles. The van der Waals surface area contributed by atoms with Crippen molar-refractivity contribution in [1.29, 1.82) is 0 Å². The zero-order valence-corrected chi connectivity index (χ0v) is 12.2. The van der Waals surface area contributed by atoms with Crippen molar-refractivity contribution in [2.45, 2.75) is 58.2 Å². The van der Waals surface area contributed by atoms with Crippen LogP contribution in [-0.4, -0.2) is 24.0 Å². The quantitative estimate of drug-likeness (QED) is 0.795. The van der Waals surface area contributed by atoms with Crippen LogP contribution in [0.4, 0.5) is 0 Å². The molecule has 0 bridgehead atoms. The van der Waals surface area contributed by atoms with E-state index in [2.05, 4.69) is 36.9 Å². The normalized spacial score (nSPS) is 24.5. The van der Waals surface area contributed by atoms with Crippen molar-refractivity contribution < 1.29 is 0 Å². The van der Waals surface area contributed by atoms with E-state index in [1.807, 2.05) is 0 Å². The molecule has 2 heteroatoms. The van der Waals surface area contributed by atoms with Crippen LogP contribution in [0, 0.1) is 0 Å². The molecule has 0 aromatic heterocycles. The third-order valence-electron chi connectivity index (χ3n) is 4.62. The summed E-state index contributed by atoms with van der Waals surface area (Å²) in [5.74, 6) is 0. The largest absolute Gasteiger partial charge is 0.296 e. The second-order valence-corrected chi connectivity index (χ2v) is 6.26. The van der Waals surface area contributed by atoms with Gasteiger partial charge >= 0.3 is 0 Å². The lowest BCUT2D eigenvalue weighted by molar-refractivity contribution is 0.203. The average Bonchev–Trinajstić information content (AvgIpc) is 2.47. The Balaban J connectivity index is 1.77. The van der Waals surface area contributed by atoms with Crippen LogP contribution < -0.4 is 5.32 Å². The van der Waals surface area contributed by atoms with Crippen LogP contribution in [0.3, 0.4) is 0 Å². The molecule has 103 valence electrons. The Morgan fingerprint density at radius 2 is 2.11 bits per heavy atom. The summed E-state index contributed by atoms with van der Waals surface area (Å²) in [7, 11) is 0. The first kappa shape index (κ1) is 13.1. The van der Waals surface area contributed by atoms with Crippen molar-refractivity contribution in [3.8, 4) is 0 Å². The average molecular weight is 257 g/mol. The van der Waals surface area contributed by atoms with E-state index < -0.39 is 0 Å². The van der Waals surface area contributed by atoms with Gasteiger partial charge in [-0.1, -0.05) is 24.6 Å². The Hall–Kier alpha value is -0.860. The zero-order valence-electron chi connectivity index (χ0n) is 12.2. The maximum absolute atomic E-state index is 4.78. The molecule has 19 heavy (non-hydrogen) atoms. The minimum atomic E-state index is 0.474. The fraction of sp³-hybridized carbons (Fsp3) is 0.647. The molecule has 1 atom stereocenters. The molecule has 2 aliphatic rings. The van der Waals surface area contributed by atoms with Gasteiger partial charge in [0.05, 0.1) is 0 Å². The molecule has 2 aliphatic heterocycles. The molecule has 0 amide bonds. The van der Waals surface area contributed by atoms with E-state index in [-0.39, 0.29) is 0 Å². The third kappa shape index (κ3) is 2.85. The molecule has 1 fully saturated rings. The Kier molecular flexibility index (Phi) is 3.90. The first-order valence-corrected chi connectivity index (χ1v) is 7.76. The van der Waals surface area contributed by atoms with Gasteiger partial charge in [-0.15, -0.1) is 0 Å². The Morgan fingerprint density at radius 1 is 1.21 bits per heavy atom. The van der Waals surface area contributed by atoms with Gasteiger partial charge in [-0.25, -0.2) is 5.32 Å². The summed E-state index contributed by atoms with van der Waals surface area (Å²) < 4.78 is 0. The van der Waals surface area contributed by atoms with Crippen LogP contribution in [0.5, 0.6) is 0 Å². The van der Waals surface area contributed by atoms with Crippen molar-refractivity contribution in [2.75, 3.05) is 13.1 Å². The molecule has 2 nitrogen and oxygen atoms in total. The van der Waals surface area contributed by atoms with E-state index >= 15 is 0 Å². The molecular weight excluding hydrogens is 232 g/mol. The summed E-state index contributed by atoms with van der Waals surface area (Å²) in [6.07, 6.45) is 5.07. The second kappa shape index (κ2) is 5.64. The second-order valence-electron chi connectivity index (χ2n) is 6.26. The van der Waals surface area contributed by atoms with Gasteiger partial charge in [0, 0.05) is 31.7 Å². The van der Waals surface area contributed by atoms with Crippen molar-refractivity contribution in [3.63, 3.8) is 0 Å². The minimum absolute atomic E-state index is 0.474. The minimum Gasteiger partial charge on any atom is -0.296 e. The molecule has 1 aromatic rings. The lowest BCUT2D eigenvalue weighted by Crippen LogP contribution is -2.36. The number of nitrogens with zero attached hydrogens (tertiary/aromatic N) is 2. The van der Waals surface area contributed by atoms with Crippen molar-refractivity contribution >= 4 is 0 Å². The number of benzene rings is 1. The molecule has 2 heterocycles. The lowest BCUT2D eigenvalue weighted by atomic mass is 9.91. The molecule has 0 N–H and O–H groups in total. The lowest BCUT2D eigenvalue weighted by Gasteiger charge is -2.32. The maximum Gasteiger partial charge on any atom is 0.0495 e. The van der Waals surface area contributed by atoms with Gasteiger partial charge < -0.3 is 0 Å². The Bertz CT molecular complexity index is 433. The summed E-state index contributed by atoms with van der Waals surface area (Å²) in [5.41, 5.74) is 4.55. The standard InChI is InChI=1S/C17H25N2/c1-13(2)19-10-8-14-11-15(6-7-16(14)12-19)17-5-3-4-9-18-17/h6-7,11,13,17H,3-5,8-10,12H2,1-2H3. The highest BCUT2D eigenvalue weighted by atomic mass is 15.1. The van der Waals surface area contributed by atoms with E-state index in [0.717, 1.165) is 13.1 Å². The zero-order chi connectivity index (χ0) is 13.2. The topological polar surface area (TPSA) is 17.3 Å². The highest BCUT2D eigenvalue weighted by molar-refractivity contribution is 5.35. The van der Waals surface area contributed by atoms with Gasteiger partial charge in [-0.3, -0.25) is 4.90 Å². The summed E-state index contributed by atoms with van der Waals surface area (Å²) in [5, 5.41) is 4.78. The van der Waals surface area contributed by atoms with Crippen molar-refractivity contribution in [1.82, 2.24) is 10.2 Å². The van der Waals surface area contributed by atoms with Crippen LogP contribution in [0.1, 0.15) is 55.8 Å². The smallest absolute Gasteiger partial charge is 0.0495 e. The van der Waals surface area contributed by atoms with E-state index in [9.17, 15) is 0 Å².